The van der Waals surface area contributed by atoms with Crippen molar-refractivity contribution in [1.82, 2.24) is 0 Å². The number of benzene rings is 9. The molecule has 0 atom stereocenters. The van der Waals surface area contributed by atoms with E-state index in [1.165, 1.54) is 87.6 Å². The molecule has 0 amide bonds. The second-order valence-corrected chi connectivity index (χ2v) is 12.1. The summed E-state index contributed by atoms with van der Waals surface area (Å²) in [6.45, 7) is 0. The summed E-state index contributed by atoms with van der Waals surface area (Å²) in [6, 6.07) is 66.6. The van der Waals surface area contributed by atoms with Crippen LogP contribution in [0.1, 0.15) is 0 Å². The van der Waals surface area contributed by atoms with Crippen LogP contribution in [0, 0.1) is 0 Å². The summed E-state index contributed by atoms with van der Waals surface area (Å²) in [5, 5.41) is 10.1. The molecule has 9 rings (SSSR count). The summed E-state index contributed by atoms with van der Waals surface area (Å²) >= 11 is 0. The Hall–Kier alpha value is -5.98. The van der Waals surface area contributed by atoms with Gasteiger partial charge in [0.25, 0.3) is 0 Å². The molecule has 0 bridgehead atoms. The average molecular weight is 583 g/mol. The largest absolute Gasteiger partial charge is 0.0622 e. The predicted molar refractivity (Wildman–Crippen MR) is 198 cm³/mol. The zero-order valence-corrected chi connectivity index (χ0v) is 25.3. The van der Waals surface area contributed by atoms with Gasteiger partial charge in [0.2, 0.25) is 0 Å². The molecule has 0 saturated carbocycles. The highest BCUT2D eigenvalue weighted by molar-refractivity contribution is 6.23. The standard InChI is InChI=1S/C46H30/c1-2-15-33(16-3-1)45-40-20-8-10-22-42(40)46(43-23-11-9-21-41(43)45)44-30-36(35-26-25-31-13-4-5-17-34(31)29-35)27-28-39(44)38-24-12-18-32-14-6-7-19-37(32)38/h1-30H. The smallest absolute Gasteiger partial charge is 0.00199 e. The molecule has 0 heteroatoms. The molecule has 0 aromatic heterocycles. The average Bonchev–Trinajstić information content (AvgIpc) is 3.13. The minimum Gasteiger partial charge on any atom is -0.0622 e. The van der Waals surface area contributed by atoms with Gasteiger partial charge in [0.05, 0.1) is 0 Å². The molecule has 0 nitrogen and oxygen atoms in total. The van der Waals surface area contributed by atoms with Crippen molar-refractivity contribution in [3.63, 3.8) is 0 Å². The van der Waals surface area contributed by atoms with Crippen LogP contribution in [0.15, 0.2) is 182 Å². The predicted octanol–water partition coefficient (Wildman–Crippen LogP) is 13.0. The number of fused-ring (bicyclic) bond motifs is 4. The molecule has 0 unspecified atom stereocenters. The zero-order valence-electron chi connectivity index (χ0n) is 25.3. The molecule has 0 aliphatic rings. The first-order valence-corrected chi connectivity index (χ1v) is 15.9. The third-order valence-electron chi connectivity index (χ3n) is 9.45. The Labute approximate surface area is 268 Å². The van der Waals surface area contributed by atoms with E-state index >= 15 is 0 Å². The number of hydrogen-bond acceptors (Lipinski definition) is 0. The third-order valence-corrected chi connectivity index (χ3v) is 9.45. The van der Waals surface area contributed by atoms with Gasteiger partial charge in [-0.1, -0.05) is 170 Å². The fraction of sp³-hybridized carbons (Fsp3) is 0. The van der Waals surface area contributed by atoms with Crippen LogP contribution < -0.4 is 0 Å². The van der Waals surface area contributed by atoms with Crippen LogP contribution in [0.3, 0.4) is 0 Å². The van der Waals surface area contributed by atoms with Gasteiger partial charge in [0, 0.05) is 0 Å². The Balaban J connectivity index is 1.41. The van der Waals surface area contributed by atoms with E-state index in [0.717, 1.165) is 0 Å². The molecule has 0 N–H and O–H groups in total. The number of rotatable bonds is 4. The third kappa shape index (κ3) is 4.30. The summed E-state index contributed by atoms with van der Waals surface area (Å²) in [4.78, 5) is 0. The topological polar surface area (TPSA) is 0 Å². The first-order valence-electron chi connectivity index (χ1n) is 15.9. The van der Waals surface area contributed by atoms with E-state index in [4.69, 9.17) is 0 Å². The molecule has 214 valence electrons. The second-order valence-electron chi connectivity index (χ2n) is 12.1. The Morgan fingerprint density at radius 3 is 1.46 bits per heavy atom. The van der Waals surface area contributed by atoms with Gasteiger partial charge in [-0.3, -0.25) is 0 Å². The van der Waals surface area contributed by atoms with Gasteiger partial charge in [-0.05, 0) is 99.7 Å². The summed E-state index contributed by atoms with van der Waals surface area (Å²) in [5.74, 6) is 0. The quantitative estimate of drug-likeness (QED) is 0.181. The first-order chi connectivity index (χ1) is 22.8. The summed E-state index contributed by atoms with van der Waals surface area (Å²) in [5.41, 5.74) is 9.96. The fourth-order valence-electron chi connectivity index (χ4n) is 7.33. The van der Waals surface area contributed by atoms with Crippen LogP contribution in [0.25, 0.3) is 87.6 Å². The van der Waals surface area contributed by atoms with Gasteiger partial charge >= 0.3 is 0 Å². The van der Waals surface area contributed by atoms with E-state index in [9.17, 15) is 0 Å². The SMILES string of the molecule is c1ccc(-c2c3ccccc3c(-c3cc(-c4ccc5ccccc5c4)ccc3-c3cccc4ccccc34)c3ccccc23)cc1. The molecule has 0 spiro atoms. The maximum Gasteiger partial charge on any atom is -0.00199 e. The van der Waals surface area contributed by atoms with Gasteiger partial charge in [-0.25, -0.2) is 0 Å². The normalized spacial score (nSPS) is 11.5. The molecular formula is C46H30. The van der Waals surface area contributed by atoms with Crippen molar-refractivity contribution in [2.45, 2.75) is 0 Å². The molecule has 0 saturated heterocycles. The Morgan fingerprint density at radius 2 is 0.739 bits per heavy atom. The lowest BCUT2D eigenvalue weighted by atomic mass is 9.82. The maximum absolute atomic E-state index is 2.43. The lowest BCUT2D eigenvalue weighted by Crippen LogP contribution is -1.94. The van der Waals surface area contributed by atoms with Gasteiger partial charge in [-0.15, -0.1) is 0 Å². The van der Waals surface area contributed by atoms with Crippen molar-refractivity contribution in [2.75, 3.05) is 0 Å². The van der Waals surface area contributed by atoms with E-state index < -0.39 is 0 Å². The maximum atomic E-state index is 2.43. The zero-order chi connectivity index (χ0) is 30.5. The number of hydrogen-bond donors (Lipinski definition) is 0. The Bertz CT molecular complexity index is 2510. The molecular weight excluding hydrogens is 553 g/mol. The minimum atomic E-state index is 1.21. The van der Waals surface area contributed by atoms with Crippen molar-refractivity contribution >= 4 is 43.1 Å². The highest BCUT2D eigenvalue weighted by Crippen LogP contribution is 2.47. The molecule has 0 aliphatic heterocycles. The van der Waals surface area contributed by atoms with E-state index in [2.05, 4.69) is 182 Å². The van der Waals surface area contributed by atoms with Crippen LogP contribution in [0.2, 0.25) is 0 Å². The first kappa shape index (κ1) is 26.4. The van der Waals surface area contributed by atoms with Crippen molar-refractivity contribution in [3.05, 3.63) is 182 Å². The van der Waals surface area contributed by atoms with Gasteiger partial charge in [0.1, 0.15) is 0 Å². The summed E-state index contributed by atoms with van der Waals surface area (Å²) in [7, 11) is 0. The van der Waals surface area contributed by atoms with Crippen LogP contribution >= 0.6 is 0 Å². The van der Waals surface area contributed by atoms with E-state index in [0.29, 0.717) is 0 Å². The highest BCUT2D eigenvalue weighted by Gasteiger charge is 2.20. The molecule has 0 fully saturated rings. The van der Waals surface area contributed by atoms with Gasteiger partial charge in [-0.2, -0.15) is 0 Å². The van der Waals surface area contributed by atoms with Crippen molar-refractivity contribution in [1.29, 1.82) is 0 Å². The fourth-order valence-corrected chi connectivity index (χ4v) is 7.33. The lowest BCUT2D eigenvalue weighted by molar-refractivity contribution is 1.60. The van der Waals surface area contributed by atoms with E-state index in [-0.39, 0.29) is 0 Å². The molecule has 0 heterocycles. The Kier molecular flexibility index (Phi) is 6.25. The molecule has 46 heavy (non-hydrogen) atoms. The molecule has 9 aromatic rings. The minimum absolute atomic E-state index is 1.21. The monoisotopic (exact) mass is 582 g/mol. The van der Waals surface area contributed by atoms with Crippen LogP contribution in [-0.2, 0) is 0 Å². The van der Waals surface area contributed by atoms with Crippen LogP contribution in [0.4, 0.5) is 0 Å². The molecule has 9 aromatic carbocycles. The molecule has 0 aliphatic carbocycles. The van der Waals surface area contributed by atoms with Crippen LogP contribution in [0.5, 0.6) is 0 Å². The van der Waals surface area contributed by atoms with Crippen molar-refractivity contribution < 1.29 is 0 Å². The molecule has 0 radical (unpaired) electrons. The highest BCUT2D eigenvalue weighted by atomic mass is 14.2. The lowest BCUT2D eigenvalue weighted by Gasteiger charge is -2.21. The second kappa shape index (κ2) is 10.9. The van der Waals surface area contributed by atoms with Crippen molar-refractivity contribution in [3.8, 4) is 44.5 Å². The Morgan fingerprint density at radius 1 is 0.217 bits per heavy atom. The van der Waals surface area contributed by atoms with Gasteiger partial charge in [0.15, 0.2) is 0 Å². The van der Waals surface area contributed by atoms with E-state index in [1.807, 2.05) is 0 Å². The summed E-state index contributed by atoms with van der Waals surface area (Å²) in [6.07, 6.45) is 0. The van der Waals surface area contributed by atoms with Crippen molar-refractivity contribution in [2.24, 2.45) is 0 Å². The van der Waals surface area contributed by atoms with E-state index in [1.54, 1.807) is 0 Å². The van der Waals surface area contributed by atoms with Crippen LogP contribution in [-0.4, -0.2) is 0 Å². The summed E-state index contributed by atoms with van der Waals surface area (Å²) < 4.78 is 0. The van der Waals surface area contributed by atoms with Gasteiger partial charge < -0.3 is 0 Å².